The molecule has 2 rings (SSSR count). The Bertz CT molecular complexity index is 371. The normalized spacial score (nSPS) is 24.4. The first-order valence-electron chi connectivity index (χ1n) is 6.84. The topological polar surface area (TPSA) is 38.5 Å². The Labute approximate surface area is 110 Å². The molecule has 0 amide bonds. The van der Waals surface area contributed by atoms with Crippen molar-refractivity contribution in [2.24, 2.45) is 17.6 Å². The monoisotopic (exact) mass is 248 g/mol. The van der Waals surface area contributed by atoms with Gasteiger partial charge in [-0.3, -0.25) is 4.90 Å². The molecule has 100 valence electrons. The number of hydrogen-bond donors (Lipinski definition) is 1. The highest BCUT2D eigenvalue weighted by molar-refractivity contribution is 5.32. The van der Waals surface area contributed by atoms with E-state index in [1.807, 2.05) is 24.3 Å². The SMILES string of the molecule is CC1CN(CCOc2ccccc2CN)CC1C. The van der Waals surface area contributed by atoms with Gasteiger partial charge in [0.05, 0.1) is 0 Å². The molecule has 1 heterocycles. The molecule has 0 aromatic heterocycles. The summed E-state index contributed by atoms with van der Waals surface area (Å²) in [6, 6.07) is 8.01. The molecule has 0 bridgehead atoms. The maximum Gasteiger partial charge on any atom is 0.123 e. The van der Waals surface area contributed by atoms with Crippen molar-refractivity contribution in [3.8, 4) is 5.75 Å². The highest BCUT2D eigenvalue weighted by atomic mass is 16.5. The maximum atomic E-state index is 5.84. The molecule has 0 spiro atoms. The van der Waals surface area contributed by atoms with Crippen LogP contribution >= 0.6 is 0 Å². The van der Waals surface area contributed by atoms with Crippen LogP contribution in [0.2, 0.25) is 0 Å². The van der Waals surface area contributed by atoms with E-state index in [9.17, 15) is 0 Å². The van der Waals surface area contributed by atoms with E-state index in [1.54, 1.807) is 0 Å². The lowest BCUT2D eigenvalue weighted by Crippen LogP contribution is -2.26. The minimum atomic E-state index is 0.536. The molecule has 1 aliphatic rings. The number of hydrogen-bond acceptors (Lipinski definition) is 3. The van der Waals surface area contributed by atoms with E-state index >= 15 is 0 Å². The molecular weight excluding hydrogens is 224 g/mol. The third kappa shape index (κ3) is 3.24. The van der Waals surface area contributed by atoms with Gasteiger partial charge in [-0.15, -0.1) is 0 Å². The van der Waals surface area contributed by atoms with Crippen molar-refractivity contribution in [1.29, 1.82) is 0 Å². The van der Waals surface area contributed by atoms with Gasteiger partial charge in [0.25, 0.3) is 0 Å². The molecule has 3 heteroatoms. The zero-order chi connectivity index (χ0) is 13.0. The van der Waals surface area contributed by atoms with Gasteiger partial charge in [0.15, 0.2) is 0 Å². The summed E-state index contributed by atoms with van der Waals surface area (Å²) >= 11 is 0. The molecule has 1 aromatic rings. The van der Waals surface area contributed by atoms with Crippen LogP contribution in [0.4, 0.5) is 0 Å². The quantitative estimate of drug-likeness (QED) is 0.867. The Morgan fingerprint density at radius 3 is 2.56 bits per heavy atom. The Morgan fingerprint density at radius 1 is 1.22 bits per heavy atom. The molecule has 0 radical (unpaired) electrons. The summed E-state index contributed by atoms with van der Waals surface area (Å²) in [7, 11) is 0. The second-order valence-electron chi connectivity index (χ2n) is 5.37. The lowest BCUT2D eigenvalue weighted by Gasteiger charge is -2.16. The van der Waals surface area contributed by atoms with Gasteiger partial charge in [0.2, 0.25) is 0 Å². The zero-order valence-electron chi connectivity index (χ0n) is 11.4. The van der Waals surface area contributed by atoms with Crippen LogP contribution in [0.15, 0.2) is 24.3 Å². The van der Waals surface area contributed by atoms with E-state index in [0.717, 1.165) is 36.3 Å². The van der Waals surface area contributed by atoms with Gasteiger partial charge >= 0.3 is 0 Å². The first-order chi connectivity index (χ1) is 8.70. The molecule has 2 N–H and O–H groups in total. The molecule has 1 fully saturated rings. The minimum absolute atomic E-state index is 0.536. The van der Waals surface area contributed by atoms with E-state index in [-0.39, 0.29) is 0 Å². The van der Waals surface area contributed by atoms with Crippen LogP contribution in [0, 0.1) is 11.8 Å². The summed E-state index contributed by atoms with van der Waals surface area (Å²) in [5.74, 6) is 2.54. The van der Waals surface area contributed by atoms with Crippen LogP contribution < -0.4 is 10.5 Å². The molecule has 1 saturated heterocycles. The van der Waals surface area contributed by atoms with Gasteiger partial charge in [0.1, 0.15) is 12.4 Å². The molecule has 3 nitrogen and oxygen atoms in total. The summed E-state index contributed by atoms with van der Waals surface area (Å²) in [4.78, 5) is 2.49. The summed E-state index contributed by atoms with van der Waals surface area (Å²) in [5.41, 5.74) is 6.77. The predicted molar refractivity (Wildman–Crippen MR) is 74.6 cm³/mol. The average Bonchev–Trinajstić information content (AvgIpc) is 2.69. The highest BCUT2D eigenvalue weighted by Crippen LogP contribution is 2.22. The largest absolute Gasteiger partial charge is 0.492 e. The van der Waals surface area contributed by atoms with Crippen LogP contribution in [0.5, 0.6) is 5.75 Å². The van der Waals surface area contributed by atoms with Crippen molar-refractivity contribution in [1.82, 2.24) is 4.90 Å². The third-order valence-corrected chi connectivity index (χ3v) is 3.92. The summed E-state index contributed by atoms with van der Waals surface area (Å²) in [5, 5.41) is 0. The zero-order valence-corrected chi connectivity index (χ0v) is 11.4. The van der Waals surface area contributed by atoms with Crippen molar-refractivity contribution < 1.29 is 4.74 Å². The van der Waals surface area contributed by atoms with Crippen LogP contribution in [-0.2, 0) is 6.54 Å². The van der Waals surface area contributed by atoms with Gasteiger partial charge in [-0.1, -0.05) is 32.0 Å². The van der Waals surface area contributed by atoms with Crippen molar-refractivity contribution >= 4 is 0 Å². The molecule has 0 aliphatic carbocycles. The fourth-order valence-corrected chi connectivity index (χ4v) is 2.53. The number of benzene rings is 1. The van der Waals surface area contributed by atoms with Gasteiger partial charge in [-0.25, -0.2) is 0 Å². The smallest absolute Gasteiger partial charge is 0.123 e. The predicted octanol–water partition coefficient (Wildman–Crippen LogP) is 2.11. The molecule has 0 saturated carbocycles. The Hall–Kier alpha value is -1.06. The lowest BCUT2D eigenvalue weighted by atomic mass is 10.0. The second kappa shape index (κ2) is 6.21. The Balaban J connectivity index is 1.79. The standard InChI is InChI=1S/C15H24N2O/c1-12-10-17(11-13(12)2)7-8-18-15-6-4-3-5-14(15)9-16/h3-6,12-13H,7-11,16H2,1-2H3. The number of ether oxygens (including phenoxy) is 1. The van der Waals surface area contributed by atoms with Crippen molar-refractivity contribution in [2.45, 2.75) is 20.4 Å². The first kappa shape index (κ1) is 13.4. The molecule has 2 unspecified atom stereocenters. The first-order valence-corrected chi connectivity index (χ1v) is 6.84. The molecule has 1 aliphatic heterocycles. The van der Waals surface area contributed by atoms with E-state index in [1.165, 1.54) is 13.1 Å². The number of nitrogens with zero attached hydrogens (tertiary/aromatic N) is 1. The van der Waals surface area contributed by atoms with Gasteiger partial charge in [-0.2, -0.15) is 0 Å². The Kier molecular flexibility index (Phi) is 4.61. The number of rotatable bonds is 5. The molecule has 1 aromatic carbocycles. The molecular formula is C15H24N2O. The molecule has 18 heavy (non-hydrogen) atoms. The van der Waals surface area contributed by atoms with Crippen LogP contribution in [0.3, 0.4) is 0 Å². The number of para-hydroxylation sites is 1. The van der Waals surface area contributed by atoms with Gasteiger partial charge in [0, 0.05) is 31.7 Å². The molecule has 2 atom stereocenters. The highest BCUT2D eigenvalue weighted by Gasteiger charge is 2.25. The van der Waals surface area contributed by atoms with Crippen LogP contribution in [0.1, 0.15) is 19.4 Å². The van der Waals surface area contributed by atoms with E-state index < -0.39 is 0 Å². The van der Waals surface area contributed by atoms with Crippen molar-refractivity contribution in [3.05, 3.63) is 29.8 Å². The fraction of sp³-hybridized carbons (Fsp3) is 0.600. The lowest BCUT2D eigenvalue weighted by molar-refractivity contribution is 0.230. The minimum Gasteiger partial charge on any atom is -0.492 e. The fourth-order valence-electron chi connectivity index (χ4n) is 2.53. The van der Waals surface area contributed by atoms with E-state index in [0.29, 0.717) is 6.54 Å². The number of likely N-dealkylation sites (tertiary alicyclic amines) is 1. The summed E-state index contributed by atoms with van der Waals surface area (Å²) in [6.07, 6.45) is 0. The second-order valence-corrected chi connectivity index (χ2v) is 5.37. The van der Waals surface area contributed by atoms with Gasteiger partial charge in [-0.05, 0) is 17.9 Å². The van der Waals surface area contributed by atoms with Crippen LogP contribution in [0.25, 0.3) is 0 Å². The Morgan fingerprint density at radius 2 is 1.89 bits per heavy atom. The van der Waals surface area contributed by atoms with E-state index in [4.69, 9.17) is 10.5 Å². The van der Waals surface area contributed by atoms with Crippen molar-refractivity contribution in [3.63, 3.8) is 0 Å². The van der Waals surface area contributed by atoms with Crippen LogP contribution in [-0.4, -0.2) is 31.1 Å². The third-order valence-electron chi connectivity index (χ3n) is 3.92. The summed E-state index contributed by atoms with van der Waals surface area (Å²) < 4.78 is 5.84. The average molecular weight is 248 g/mol. The van der Waals surface area contributed by atoms with E-state index in [2.05, 4.69) is 18.7 Å². The van der Waals surface area contributed by atoms with Crippen molar-refractivity contribution in [2.75, 3.05) is 26.2 Å². The maximum absolute atomic E-state index is 5.84. The van der Waals surface area contributed by atoms with Gasteiger partial charge < -0.3 is 10.5 Å². The number of nitrogens with two attached hydrogens (primary N) is 1. The summed E-state index contributed by atoms with van der Waals surface area (Å²) in [6.45, 7) is 9.34.